The fourth-order valence-corrected chi connectivity index (χ4v) is 1.70. The van der Waals surface area contributed by atoms with E-state index in [1.807, 2.05) is 0 Å². The molecule has 2 rings (SSSR count). The highest BCUT2D eigenvalue weighted by atomic mass is 19.1. The Morgan fingerprint density at radius 2 is 2.09 bits per heavy atom. The van der Waals surface area contributed by atoms with Crippen LogP contribution in [0.5, 0.6) is 5.88 Å². The molecule has 0 atom stereocenters. The summed E-state index contributed by atoms with van der Waals surface area (Å²) >= 11 is 0. The molecule has 114 valence electrons. The summed E-state index contributed by atoms with van der Waals surface area (Å²) in [6, 6.07) is 5.61. The van der Waals surface area contributed by atoms with Crippen molar-refractivity contribution in [2.45, 2.75) is 13.5 Å². The van der Waals surface area contributed by atoms with Crippen molar-refractivity contribution in [3.8, 4) is 5.88 Å². The van der Waals surface area contributed by atoms with Gasteiger partial charge in [-0.15, -0.1) is 0 Å². The molecule has 0 unspecified atom stereocenters. The Morgan fingerprint density at radius 3 is 2.77 bits per heavy atom. The number of aryl methyl sites for hydroxylation is 1. The molecule has 0 spiro atoms. The minimum Gasteiger partial charge on any atom is -0.449 e. The average Bonchev–Trinajstić information content (AvgIpc) is 2.48. The van der Waals surface area contributed by atoms with Crippen LogP contribution in [0.4, 0.5) is 9.18 Å². The first kappa shape index (κ1) is 15.4. The third-order valence-corrected chi connectivity index (χ3v) is 2.74. The zero-order valence-electron chi connectivity index (χ0n) is 11.5. The van der Waals surface area contributed by atoms with Crippen molar-refractivity contribution >= 4 is 12.1 Å². The van der Waals surface area contributed by atoms with Crippen LogP contribution in [0, 0.1) is 12.7 Å². The largest absolute Gasteiger partial charge is 0.512 e. The molecule has 1 aromatic heterocycles. The van der Waals surface area contributed by atoms with Crippen LogP contribution in [0.3, 0.4) is 0 Å². The highest BCUT2D eigenvalue weighted by Crippen LogP contribution is 2.10. The lowest BCUT2D eigenvalue weighted by atomic mass is 10.1. The zero-order valence-corrected chi connectivity index (χ0v) is 11.5. The third-order valence-electron chi connectivity index (χ3n) is 2.74. The summed E-state index contributed by atoms with van der Waals surface area (Å²) in [4.78, 5) is 29.6. The number of carboxylic acid groups (broad SMARTS) is 1. The number of carbonyl (C=O) groups is 2. The number of hydrogen-bond donors (Lipinski definition) is 2. The van der Waals surface area contributed by atoms with E-state index in [9.17, 15) is 14.0 Å². The van der Waals surface area contributed by atoms with Crippen LogP contribution in [-0.2, 0) is 6.54 Å². The van der Waals surface area contributed by atoms with Crippen molar-refractivity contribution in [1.82, 2.24) is 15.3 Å². The Morgan fingerprint density at radius 1 is 1.32 bits per heavy atom. The number of halogens is 1. The molecule has 7 nitrogen and oxygen atoms in total. The second-order valence-electron chi connectivity index (χ2n) is 4.38. The number of aromatic nitrogens is 2. The number of carbonyl (C=O) groups excluding carboxylic acids is 1. The summed E-state index contributed by atoms with van der Waals surface area (Å²) in [5, 5.41) is 11.1. The molecule has 0 saturated heterocycles. The van der Waals surface area contributed by atoms with Crippen molar-refractivity contribution in [3.63, 3.8) is 0 Å². The molecule has 2 N–H and O–H groups in total. The van der Waals surface area contributed by atoms with Gasteiger partial charge in [0.1, 0.15) is 17.8 Å². The number of amides is 1. The van der Waals surface area contributed by atoms with Gasteiger partial charge in [0.2, 0.25) is 5.88 Å². The minimum atomic E-state index is -1.54. The van der Waals surface area contributed by atoms with Crippen LogP contribution < -0.4 is 10.1 Å². The number of rotatable bonds is 4. The van der Waals surface area contributed by atoms with Gasteiger partial charge in [0.25, 0.3) is 5.91 Å². The quantitative estimate of drug-likeness (QED) is 0.837. The molecule has 1 heterocycles. The van der Waals surface area contributed by atoms with E-state index in [1.165, 1.54) is 6.07 Å². The molecule has 0 bridgehead atoms. The lowest BCUT2D eigenvalue weighted by Gasteiger charge is -2.06. The molecule has 0 fully saturated rings. The summed E-state index contributed by atoms with van der Waals surface area (Å²) in [6.45, 7) is 1.81. The zero-order chi connectivity index (χ0) is 16.1. The first-order valence-corrected chi connectivity index (χ1v) is 6.22. The normalized spacial score (nSPS) is 10.1. The van der Waals surface area contributed by atoms with E-state index in [-0.39, 0.29) is 23.9 Å². The molecule has 0 aliphatic carbocycles. The van der Waals surface area contributed by atoms with Crippen LogP contribution >= 0.6 is 0 Å². The van der Waals surface area contributed by atoms with Crippen molar-refractivity contribution in [3.05, 3.63) is 53.2 Å². The van der Waals surface area contributed by atoms with Gasteiger partial charge in [0.15, 0.2) is 0 Å². The second kappa shape index (κ2) is 6.61. The molecule has 0 aliphatic rings. The molecule has 8 heteroatoms. The maximum Gasteiger partial charge on any atom is 0.512 e. The van der Waals surface area contributed by atoms with Gasteiger partial charge in [0.05, 0.1) is 0 Å². The van der Waals surface area contributed by atoms with Crippen molar-refractivity contribution in [2.75, 3.05) is 0 Å². The van der Waals surface area contributed by atoms with E-state index in [1.54, 1.807) is 19.1 Å². The molecular weight excluding hydrogens is 293 g/mol. The first-order chi connectivity index (χ1) is 10.5. The van der Waals surface area contributed by atoms with Crippen LogP contribution in [0.15, 0.2) is 30.6 Å². The van der Waals surface area contributed by atoms with Crippen LogP contribution in [0.2, 0.25) is 0 Å². The monoisotopic (exact) mass is 305 g/mol. The number of benzene rings is 1. The molecular formula is C14H12FN3O4. The summed E-state index contributed by atoms with van der Waals surface area (Å²) in [7, 11) is 0. The number of nitrogens with one attached hydrogen (secondary N) is 1. The summed E-state index contributed by atoms with van der Waals surface area (Å²) in [6.07, 6.45) is -0.512. The Bertz CT molecular complexity index is 721. The Balaban J connectivity index is 2.02. The fraction of sp³-hybridized carbons (Fsp3) is 0.143. The Labute approximate surface area is 124 Å². The van der Waals surface area contributed by atoms with E-state index in [2.05, 4.69) is 20.0 Å². The van der Waals surface area contributed by atoms with Gasteiger partial charge in [-0.3, -0.25) is 4.79 Å². The lowest BCUT2D eigenvalue weighted by Crippen LogP contribution is -2.24. The fourth-order valence-electron chi connectivity index (χ4n) is 1.70. The summed E-state index contributed by atoms with van der Waals surface area (Å²) in [5.41, 5.74) is 1.17. The van der Waals surface area contributed by atoms with Gasteiger partial charge in [-0.2, -0.15) is 0 Å². The number of nitrogens with zero attached hydrogens (tertiary/aromatic N) is 2. The van der Waals surface area contributed by atoms with Gasteiger partial charge in [-0.1, -0.05) is 12.1 Å². The van der Waals surface area contributed by atoms with E-state index >= 15 is 0 Å². The molecule has 0 saturated carbocycles. The minimum absolute atomic E-state index is 0.0370. The van der Waals surface area contributed by atoms with E-state index < -0.39 is 12.1 Å². The lowest BCUT2D eigenvalue weighted by molar-refractivity contribution is 0.0944. The van der Waals surface area contributed by atoms with Crippen LogP contribution in [0.25, 0.3) is 0 Å². The predicted octanol–water partition coefficient (Wildman–Crippen LogP) is 1.91. The summed E-state index contributed by atoms with van der Waals surface area (Å²) < 4.78 is 17.5. The van der Waals surface area contributed by atoms with Crippen molar-refractivity contribution < 1.29 is 23.8 Å². The van der Waals surface area contributed by atoms with Gasteiger partial charge >= 0.3 is 6.16 Å². The third kappa shape index (κ3) is 3.98. The highest BCUT2D eigenvalue weighted by molar-refractivity contribution is 5.92. The summed E-state index contributed by atoms with van der Waals surface area (Å²) in [5.74, 6) is -1.09. The first-order valence-electron chi connectivity index (χ1n) is 6.22. The molecule has 1 amide bonds. The molecule has 1 aromatic carbocycles. The van der Waals surface area contributed by atoms with Gasteiger partial charge < -0.3 is 15.2 Å². The molecule has 0 radical (unpaired) electrons. The SMILES string of the molecule is Cc1cc(CNC(=O)c2cc(OC(=O)O)ncn2)ccc1F. The van der Waals surface area contributed by atoms with Crippen molar-refractivity contribution in [1.29, 1.82) is 0 Å². The number of hydrogen-bond acceptors (Lipinski definition) is 5. The smallest absolute Gasteiger partial charge is 0.449 e. The molecule has 0 aliphatic heterocycles. The molecule has 22 heavy (non-hydrogen) atoms. The van der Waals surface area contributed by atoms with Gasteiger partial charge in [-0.25, -0.2) is 19.2 Å². The Hall–Kier alpha value is -3.03. The predicted molar refractivity (Wildman–Crippen MR) is 73.0 cm³/mol. The molecule has 2 aromatic rings. The standard InChI is InChI=1S/C14H12FN3O4/c1-8-4-9(2-3-10(8)15)6-16-13(19)11-5-12(18-7-17-11)22-14(20)21/h2-5,7H,6H2,1H3,(H,16,19)(H,20,21). The second-order valence-corrected chi connectivity index (χ2v) is 4.38. The Kier molecular flexibility index (Phi) is 4.62. The van der Waals surface area contributed by atoms with Crippen molar-refractivity contribution in [2.24, 2.45) is 0 Å². The van der Waals surface area contributed by atoms with E-state index in [0.717, 1.165) is 18.0 Å². The topological polar surface area (TPSA) is 101 Å². The average molecular weight is 305 g/mol. The maximum atomic E-state index is 13.1. The van der Waals surface area contributed by atoms with E-state index in [0.29, 0.717) is 5.56 Å². The van der Waals surface area contributed by atoms with Crippen LogP contribution in [0.1, 0.15) is 21.6 Å². The van der Waals surface area contributed by atoms with E-state index in [4.69, 9.17) is 5.11 Å². The number of ether oxygens (including phenoxy) is 1. The maximum absolute atomic E-state index is 13.1. The van der Waals surface area contributed by atoms with Gasteiger partial charge in [0, 0.05) is 12.6 Å². The highest BCUT2D eigenvalue weighted by Gasteiger charge is 2.11. The van der Waals surface area contributed by atoms with Gasteiger partial charge in [-0.05, 0) is 24.1 Å². The van der Waals surface area contributed by atoms with Crippen LogP contribution in [-0.4, -0.2) is 27.1 Å².